The van der Waals surface area contributed by atoms with Crippen molar-refractivity contribution in [1.82, 2.24) is 19.4 Å². The number of methoxy groups -OCH3 is 1. The van der Waals surface area contributed by atoms with Gasteiger partial charge in [0.15, 0.2) is 4.96 Å². The van der Waals surface area contributed by atoms with Gasteiger partial charge in [0.05, 0.1) is 18.8 Å². The fourth-order valence-electron chi connectivity index (χ4n) is 1.78. The highest BCUT2D eigenvalue weighted by atomic mass is 32.1. The molecule has 19 heavy (non-hydrogen) atoms. The molecule has 0 aromatic carbocycles. The van der Waals surface area contributed by atoms with Crippen LogP contribution in [0.5, 0.6) is 5.88 Å². The molecule has 0 saturated heterocycles. The van der Waals surface area contributed by atoms with E-state index < -0.39 is 0 Å². The van der Waals surface area contributed by atoms with E-state index in [4.69, 9.17) is 4.74 Å². The minimum absolute atomic E-state index is 0.0618. The lowest BCUT2D eigenvalue weighted by molar-refractivity contribution is 0.397. The minimum atomic E-state index is 0.0618. The molecule has 7 heteroatoms. The van der Waals surface area contributed by atoms with E-state index in [2.05, 4.69) is 20.3 Å². The lowest BCUT2D eigenvalue weighted by Crippen LogP contribution is -2.08. The quantitative estimate of drug-likeness (QED) is 0.792. The van der Waals surface area contributed by atoms with Crippen LogP contribution in [0.25, 0.3) is 4.96 Å². The van der Waals surface area contributed by atoms with Crippen molar-refractivity contribution in [2.24, 2.45) is 0 Å². The first-order valence-electron chi connectivity index (χ1n) is 5.81. The van der Waals surface area contributed by atoms with E-state index in [1.54, 1.807) is 24.5 Å². The number of hydrogen-bond donors (Lipinski definition) is 1. The summed E-state index contributed by atoms with van der Waals surface area (Å²) < 4.78 is 7.08. The third kappa shape index (κ3) is 2.37. The maximum Gasteiger partial charge on any atom is 0.218 e. The highest BCUT2D eigenvalue weighted by molar-refractivity contribution is 7.15. The molecule has 98 valence electrons. The van der Waals surface area contributed by atoms with Crippen LogP contribution in [0.1, 0.15) is 18.7 Å². The molecule has 0 saturated carbocycles. The molecular formula is C12H13N5OS. The number of ether oxygens (including phenoxy) is 1. The van der Waals surface area contributed by atoms with Gasteiger partial charge >= 0.3 is 0 Å². The Hall–Kier alpha value is -2.15. The standard InChI is InChI=1S/C12H13N5OS/c1-8(9-6-17-3-4-19-12(17)16-9)15-10-5-11(18-2)14-7-13-10/h3-8H,1-2H3,(H,13,14,15)/t8-/m1/s1. The summed E-state index contributed by atoms with van der Waals surface area (Å²) >= 11 is 1.62. The highest BCUT2D eigenvalue weighted by Crippen LogP contribution is 2.21. The van der Waals surface area contributed by atoms with Crippen molar-refractivity contribution in [3.8, 4) is 5.88 Å². The second-order valence-electron chi connectivity index (χ2n) is 4.07. The van der Waals surface area contributed by atoms with Gasteiger partial charge in [-0.05, 0) is 6.92 Å². The van der Waals surface area contributed by atoms with Gasteiger partial charge in [-0.3, -0.25) is 4.40 Å². The largest absolute Gasteiger partial charge is 0.481 e. The fraction of sp³-hybridized carbons (Fsp3) is 0.250. The van der Waals surface area contributed by atoms with Crippen LogP contribution in [-0.2, 0) is 0 Å². The van der Waals surface area contributed by atoms with Crippen LogP contribution in [-0.4, -0.2) is 26.5 Å². The topological polar surface area (TPSA) is 64.3 Å². The molecule has 0 aliphatic rings. The molecule has 3 aromatic rings. The Morgan fingerprint density at radius 3 is 3.11 bits per heavy atom. The Morgan fingerprint density at radius 2 is 2.32 bits per heavy atom. The molecule has 0 radical (unpaired) electrons. The van der Waals surface area contributed by atoms with Gasteiger partial charge in [-0.1, -0.05) is 0 Å². The highest BCUT2D eigenvalue weighted by Gasteiger charge is 2.11. The van der Waals surface area contributed by atoms with Crippen LogP contribution in [0.4, 0.5) is 5.82 Å². The third-order valence-corrected chi connectivity index (χ3v) is 3.54. The van der Waals surface area contributed by atoms with Gasteiger partial charge in [-0.2, -0.15) is 0 Å². The number of fused-ring (bicyclic) bond motifs is 1. The average molecular weight is 275 g/mol. The predicted octanol–water partition coefficient (Wildman–Crippen LogP) is 2.37. The van der Waals surface area contributed by atoms with Crippen molar-refractivity contribution < 1.29 is 4.74 Å². The number of hydrogen-bond acceptors (Lipinski definition) is 6. The number of nitrogens with one attached hydrogen (secondary N) is 1. The fourth-order valence-corrected chi connectivity index (χ4v) is 2.49. The number of nitrogens with zero attached hydrogens (tertiary/aromatic N) is 4. The zero-order chi connectivity index (χ0) is 13.2. The number of aromatic nitrogens is 4. The summed E-state index contributed by atoms with van der Waals surface area (Å²) in [6.07, 6.45) is 5.48. The van der Waals surface area contributed by atoms with E-state index in [-0.39, 0.29) is 6.04 Å². The zero-order valence-electron chi connectivity index (χ0n) is 10.6. The van der Waals surface area contributed by atoms with E-state index in [9.17, 15) is 0 Å². The van der Waals surface area contributed by atoms with Crippen molar-refractivity contribution in [3.05, 3.63) is 35.9 Å². The normalized spacial score (nSPS) is 12.5. The lowest BCUT2D eigenvalue weighted by atomic mass is 10.2. The Labute approximate surface area is 114 Å². The van der Waals surface area contributed by atoms with Crippen LogP contribution in [0, 0.1) is 0 Å². The second kappa shape index (κ2) is 4.85. The van der Waals surface area contributed by atoms with Gasteiger partial charge in [-0.15, -0.1) is 11.3 Å². The van der Waals surface area contributed by atoms with Crippen molar-refractivity contribution in [3.63, 3.8) is 0 Å². The molecule has 0 unspecified atom stereocenters. The van der Waals surface area contributed by atoms with Crippen molar-refractivity contribution in [2.45, 2.75) is 13.0 Å². The first-order chi connectivity index (χ1) is 9.26. The van der Waals surface area contributed by atoms with Crippen LogP contribution < -0.4 is 10.1 Å². The summed E-state index contributed by atoms with van der Waals surface area (Å²) in [5.74, 6) is 1.26. The maximum absolute atomic E-state index is 5.07. The van der Waals surface area contributed by atoms with Gasteiger partial charge in [0.1, 0.15) is 12.1 Å². The Bertz CT molecular complexity index is 664. The number of rotatable bonds is 4. The third-order valence-electron chi connectivity index (χ3n) is 2.77. The van der Waals surface area contributed by atoms with Gasteiger partial charge in [0.2, 0.25) is 5.88 Å². The van der Waals surface area contributed by atoms with Gasteiger partial charge in [-0.25, -0.2) is 15.0 Å². The molecule has 1 atom stereocenters. The van der Waals surface area contributed by atoms with Crippen LogP contribution >= 0.6 is 11.3 Å². The van der Waals surface area contributed by atoms with E-state index in [0.717, 1.165) is 16.5 Å². The first-order valence-corrected chi connectivity index (χ1v) is 6.69. The van der Waals surface area contributed by atoms with E-state index >= 15 is 0 Å². The smallest absolute Gasteiger partial charge is 0.218 e. The number of anilines is 1. The van der Waals surface area contributed by atoms with Crippen LogP contribution in [0.2, 0.25) is 0 Å². The minimum Gasteiger partial charge on any atom is -0.481 e. The van der Waals surface area contributed by atoms with E-state index in [0.29, 0.717) is 5.88 Å². The average Bonchev–Trinajstić information content (AvgIpc) is 2.99. The molecule has 3 heterocycles. The van der Waals surface area contributed by atoms with Gasteiger partial charge in [0, 0.05) is 23.8 Å². The molecule has 3 aromatic heterocycles. The molecule has 0 aliphatic carbocycles. The molecule has 6 nitrogen and oxygen atoms in total. The summed E-state index contributed by atoms with van der Waals surface area (Å²) in [4.78, 5) is 13.7. The van der Waals surface area contributed by atoms with Crippen molar-refractivity contribution >= 4 is 22.1 Å². The number of thiazole rings is 1. The first kappa shape index (κ1) is 11.9. The Kier molecular flexibility index (Phi) is 3.04. The van der Waals surface area contributed by atoms with Crippen molar-refractivity contribution in [1.29, 1.82) is 0 Å². The van der Waals surface area contributed by atoms with E-state index in [1.807, 2.05) is 29.1 Å². The van der Waals surface area contributed by atoms with Gasteiger partial charge in [0.25, 0.3) is 0 Å². The monoisotopic (exact) mass is 275 g/mol. The molecular weight excluding hydrogens is 262 g/mol. The SMILES string of the molecule is COc1cc(N[C@H](C)c2cn3ccsc3n2)ncn1. The summed E-state index contributed by atoms with van der Waals surface area (Å²) in [6.45, 7) is 2.04. The van der Waals surface area contributed by atoms with E-state index in [1.165, 1.54) is 6.33 Å². The van der Waals surface area contributed by atoms with Crippen LogP contribution in [0.15, 0.2) is 30.2 Å². The van der Waals surface area contributed by atoms with Crippen LogP contribution in [0.3, 0.4) is 0 Å². The Balaban J connectivity index is 1.80. The predicted molar refractivity (Wildman–Crippen MR) is 73.7 cm³/mol. The zero-order valence-corrected chi connectivity index (χ0v) is 11.4. The summed E-state index contributed by atoms with van der Waals surface area (Å²) in [5, 5.41) is 5.29. The summed E-state index contributed by atoms with van der Waals surface area (Å²) in [7, 11) is 1.58. The molecule has 0 aliphatic heterocycles. The molecule has 0 bridgehead atoms. The lowest BCUT2D eigenvalue weighted by Gasteiger charge is -2.12. The Morgan fingerprint density at radius 1 is 1.42 bits per heavy atom. The second-order valence-corrected chi connectivity index (χ2v) is 4.94. The molecule has 3 rings (SSSR count). The molecule has 0 fully saturated rings. The molecule has 0 spiro atoms. The maximum atomic E-state index is 5.07. The summed E-state index contributed by atoms with van der Waals surface area (Å²) in [5.41, 5.74) is 0.976. The molecule has 0 amide bonds. The number of imidazole rings is 1. The summed E-state index contributed by atoms with van der Waals surface area (Å²) in [6, 6.07) is 1.82. The molecule has 1 N–H and O–H groups in total. The van der Waals surface area contributed by atoms with Crippen molar-refractivity contribution in [2.75, 3.05) is 12.4 Å². The van der Waals surface area contributed by atoms with Gasteiger partial charge < -0.3 is 10.1 Å².